The van der Waals surface area contributed by atoms with Crippen molar-refractivity contribution in [1.82, 2.24) is 10.2 Å². The van der Waals surface area contributed by atoms with E-state index in [4.69, 9.17) is 9.47 Å². The highest BCUT2D eigenvalue weighted by atomic mass is 35.5. The van der Waals surface area contributed by atoms with Gasteiger partial charge in [0.1, 0.15) is 11.9 Å². The molecule has 2 aliphatic carbocycles. The van der Waals surface area contributed by atoms with Gasteiger partial charge in [-0.05, 0) is 61.8 Å². The summed E-state index contributed by atoms with van der Waals surface area (Å²) in [7, 11) is 1.35. The Hall–Kier alpha value is -1.83. The second-order valence-electron chi connectivity index (χ2n) is 8.19. The Balaban J connectivity index is 0.00000240. The lowest BCUT2D eigenvalue weighted by atomic mass is 9.78. The average molecular weight is 425 g/mol. The number of methoxy groups -OCH3 is 1. The van der Waals surface area contributed by atoms with Gasteiger partial charge in [0.25, 0.3) is 0 Å². The minimum absolute atomic E-state index is 0. The maximum atomic E-state index is 12.4. The molecule has 3 aliphatic rings. The van der Waals surface area contributed by atoms with Gasteiger partial charge >= 0.3 is 5.97 Å². The van der Waals surface area contributed by atoms with E-state index in [1.54, 1.807) is 24.3 Å². The van der Waals surface area contributed by atoms with Crippen LogP contribution in [-0.4, -0.2) is 66.9 Å². The molecule has 0 radical (unpaired) electrons. The topological polar surface area (TPSA) is 88.1 Å². The van der Waals surface area contributed by atoms with Gasteiger partial charge in [-0.1, -0.05) is 0 Å². The third-order valence-electron chi connectivity index (χ3n) is 6.12. The normalized spacial score (nSPS) is 28.3. The standard InChI is InChI=1S/C21H28N2O5.ClH/c1-27-21(26)13-2-6-17(7-3-13)28-19-9-15-12-23(11-14(15)8-18(19)24)20(25)10-22-16-4-5-16;/h2-3,6-7,14-16,18-19,22,24H,4-5,8-12H2,1H3;1H/t14-,15+,18+,19+;/m0./s1. The van der Waals surface area contributed by atoms with E-state index in [1.807, 2.05) is 4.90 Å². The molecule has 0 spiro atoms. The first-order chi connectivity index (χ1) is 13.5. The minimum Gasteiger partial charge on any atom is -0.488 e. The number of hydrogen-bond donors (Lipinski definition) is 2. The number of aliphatic hydroxyl groups excluding tert-OH is 1. The highest BCUT2D eigenvalue weighted by Gasteiger charge is 2.43. The van der Waals surface area contributed by atoms with Crippen molar-refractivity contribution in [3.05, 3.63) is 29.8 Å². The number of nitrogens with one attached hydrogen (secondary N) is 1. The molecular formula is C21H29ClN2O5. The fourth-order valence-corrected chi connectivity index (χ4v) is 4.31. The molecule has 4 rings (SSSR count). The van der Waals surface area contributed by atoms with Crippen LogP contribution in [0.1, 0.15) is 36.0 Å². The van der Waals surface area contributed by atoms with E-state index in [-0.39, 0.29) is 30.4 Å². The number of halogens is 1. The molecule has 1 amide bonds. The van der Waals surface area contributed by atoms with Crippen LogP contribution >= 0.6 is 12.4 Å². The summed E-state index contributed by atoms with van der Waals surface area (Å²) in [5.74, 6) is 1.08. The van der Waals surface area contributed by atoms with Crippen LogP contribution in [0.15, 0.2) is 24.3 Å². The van der Waals surface area contributed by atoms with E-state index >= 15 is 0 Å². The van der Waals surface area contributed by atoms with Crippen molar-refractivity contribution in [3.8, 4) is 5.75 Å². The Morgan fingerprint density at radius 3 is 2.41 bits per heavy atom. The first-order valence-corrected chi connectivity index (χ1v) is 10.1. The van der Waals surface area contributed by atoms with Gasteiger partial charge < -0.3 is 24.8 Å². The first kappa shape index (κ1) is 21.9. The van der Waals surface area contributed by atoms with E-state index in [2.05, 4.69) is 5.32 Å². The van der Waals surface area contributed by atoms with Gasteiger partial charge in [0.05, 0.1) is 25.3 Å². The van der Waals surface area contributed by atoms with Crippen LogP contribution in [0.2, 0.25) is 0 Å². The molecule has 2 N–H and O–H groups in total. The molecule has 1 saturated heterocycles. The molecule has 0 bridgehead atoms. The number of carbonyl (C=O) groups is 2. The molecule has 2 saturated carbocycles. The zero-order chi connectivity index (χ0) is 19.7. The van der Waals surface area contributed by atoms with Crippen LogP contribution in [0.25, 0.3) is 0 Å². The van der Waals surface area contributed by atoms with Crippen LogP contribution in [0, 0.1) is 11.8 Å². The lowest BCUT2D eigenvalue weighted by molar-refractivity contribution is -0.129. The lowest BCUT2D eigenvalue weighted by Gasteiger charge is -2.35. The predicted octanol–water partition coefficient (Wildman–Crippen LogP) is 1.62. The molecule has 8 heteroatoms. The predicted molar refractivity (Wildman–Crippen MR) is 109 cm³/mol. The number of ether oxygens (including phenoxy) is 2. The Bertz CT molecular complexity index is 724. The second kappa shape index (κ2) is 9.32. The van der Waals surface area contributed by atoms with Crippen molar-refractivity contribution in [3.63, 3.8) is 0 Å². The number of nitrogens with zero attached hydrogens (tertiary/aromatic N) is 1. The third-order valence-corrected chi connectivity index (χ3v) is 6.12. The summed E-state index contributed by atoms with van der Waals surface area (Å²) in [5.41, 5.74) is 0.462. The van der Waals surface area contributed by atoms with Gasteiger partial charge in [0.2, 0.25) is 5.91 Å². The first-order valence-electron chi connectivity index (χ1n) is 10.1. The molecule has 1 aliphatic heterocycles. The van der Waals surface area contributed by atoms with Crippen LogP contribution < -0.4 is 10.1 Å². The van der Waals surface area contributed by atoms with Gasteiger partial charge in [-0.25, -0.2) is 4.79 Å². The maximum Gasteiger partial charge on any atom is 0.337 e. The van der Waals surface area contributed by atoms with E-state index in [0.29, 0.717) is 42.2 Å². The van der Waals surface area contributed by atoms with Crippen LogP contribution in [-0.2, 0) is 9.53 Å². The molecule has 1 aromatic carbocycles. The fraction of sp³-hybridized carbons (Fsp3) is 0.619. The zero-order valence-corrected chi connectivity index (χ0v) is 17.4. The summed E-state index contributed by atoms with van der Waals surface area (Å²) in [6, 6.07) is 7.28. The SMILES string of the molecule is COC(=O)c1ccc(O[C@@H]2C[C@@H]3CN(C(=O)CNC4CC4)C[C@@H]3C[C@H]2O)cc1.Cl. The number of likely N-dealkylation sites (tertiary alicyclic amines) is 1. The monoisotopic (exact) mass is 424 g/mol. The molecule has 7 nitrogen and oxygen atoms in total. The molecule has 0 unspecified atom stereocenters. The van der Waals surface area contributed by atoms with Crippen molar-refractivity contribution < 1.29 is 24.2 Å². The number of amides is 1. The lowest BCUT2D eigenvalue weighted by Crippen LogP contribution is -2.42. The minimum atomic E-state index is -0.554. The molecule has 29 heavy (non-hydrogen) atoms. The van der Waals surface area contributed by atoms with Gasteiger partial charge in [-0.3, -0.25) is 4.79 Å². The number of hydrogen-bond acceptors (Lipinski definition) is 6. The Labute approximate surface area is 177 Å². The molecule has 3 fully saturated rings. The van der Waals surface area contributed by atoms with Crippen LogP contribution in [0.5, 0.6) is 5.75 Å². The Morgan fingerprint density at radius 2 is 1.79 bits per heavy atom. The van der Waals surface area contributed by atoms with Crippen molar-refractivity contribution in [2.24, 2.45) is 11.8 Å². The Morgan fingerprint density at radius 1 is 1.14 bits per heavy atom. The average Bonchev–Trinajstić information content (AvgIpc) is 3.45. The number of carbonyl (C=O) groups excluding carboxylic acids is 2. The van der Waals surface area contributed by atoms with Crippen molar-refractivity contribution >= 4 is 24.3 Å². The number of esters is 1. The highest BCUT2D eigenvalue weighted by Crippen LogP contribution is 2.38. The van der Waals surface area contributed by atoms with E-state index in [1.165, 1.54) is 20.0 Å². The van der Waals surface area contributed by atoms with Crippen molar-refractivity contribution in [2.45, 2.75) is 43.9 Å². The van der Waals surface area contributed by atoms with Crippen molar-refractivity contribution in [1.29, 1.82) is 0 Å². The van der Waals surface area contributed by atoms with E-state index in [0.717, 1.165) is 19.5 Å². The number of rotatable bonds is 6. The maximum absolute atomic E-state index is 12.4. The van der Waals surface area contributed by atoms with Gasteiger partial charge in [0, 0.05) is 19.1 Å². The zero-order valence-electron chi connectivity index (χ0n) is 16.6. The van der Waals surface area contributed by atoms with Crippen LogP contribution in [0.4, 0.5) is 0 Å². The summed E-state index contributed by atoms with van der Waals surface area (Å²) in [4.78, 5) is 25.9. The quantitative estimate of drug-likeness (QED) is 0.675. The van der Waals surface area contributed by atoms with E-state index < -0.39 is 6.10 Å². The van der Waals surface area contributed by atoms with Gasteiger partial charge in [0.15, 0.2) is 0 Å². The van der Waals surface area contributed by atoms with Crippen LogP contribution in [0.3, 0.4) is 0 Å². The molecule has 1 aromatic rings. The molecule has 0 aromatic heterocycles. The summed E-state index contributed by atoms with van der Waals surface area (Å²) in [6.07, 6.45) is 2.86. The largest absolute Gasteiger partial charge is 0.488 e. The highest BCUT2D eigenvalue weighted by molar-refractivity contribution is 5.89. The fourth-order valence-electron chi connectivity index (χ4n) is 4.31. The Kier molecular flexibility index (Phi) is 7.03. The number of fused-ring (bicyclic) bond motifs is 1. The molecule has 160 valence electrons. The third kappa shape index (κ3) is 5.21. The van der Waals surface area contributed by atoms with Gasteiger partial charge in [-0.2, -0.15) is 0 Å². The number of aliphatic hydroxyl groups is 1. The van der Waals surface area contributed by atoms with E-state index in [9.17, 15) is 14.7 Å². The molecule has 4 atom stereocenters. The molecule has 1 heterocycles. The number of benzene rings is 1. The molecular weight excluding hydrogens is 396 g/mol. The summed E-state index contributed by atoms with van der Waals surface area (Å²) < 4.78 is 10.7. The second-order valence-corrected chi connectivity index (χ2v) is 8.19. The summed E-state index contributed by atoms with van der Waals surface area (Å²) in [6.45, 7) is 1.89. The smallest absolute Gasteiger partial charge is 0.337 e. The summed E-state index contributed by atoms with van der Waals surface area (Å²) >= 11 is 0. The van der Waals surface area contributed by atoms with Gasteiger partial charge in [-0.15, -0.1) is 12.4 Å². The van der Waals surface area contributed by atoms with Crippen molar-refractivity contribution in [2.75, 3.05) is 26.7 Å². The summed E-state index contributed by atoms with van der Waals surface area (Å²) in [5, 5.41) is 13.8.